The predicted octanol–water partition coefficient (Wildman–Crippen LogP) is 0.840. The van der Waals surface area contributed by atoms with Gasteiger partial charge in [-0.3, -0.25) is 4.79 Å². The zero-order valence-electron chi connectivity index (χ0n) is 14.5. The second-order valence-electron chi connectivity index (χ2n) is 6.69. The Morgan fingerprint density at radius 1 is 1.40 bits per heavy atom. The minimum absolute atomic E-state index is 0.198. The summed E-state index contributed by atoms with van der Waals surface area (Å²) < 4.78 is 16.5. The quantitative estimate of drug-likeness (QED) is 0.605. The van der Waals surface area contributed by atoms with Crippen LogP contribution in [0.25, 0.3) is 0 Å². The first-order valence-electron chi connectivity index (χ1n) is 8.07. The Balaban J connectivity index is 1.96. The number of anilines is 1. The summed E-state index contributed by atoms with van der Waals surface area (Å²) in [5.74, 6) is -0.783. The Labute approximate surface area is 146 Å². The maximum absolute atomic E-state index is 12.7. The number of aliphatic hydroxyl groups excluding tert-OH is 1. The van der Waals surface area contributed by atoms with E-state index < -0.39 is 35.5 Å². The van der Waals surface area contributed by atoms with Crippen molar-refractivity contribution in [2.45, 2.75) is 43.5 Å². The minimum atomic E-state index is -2.00. The third-order valence-electron chi connectivity index (χ3n) is 4.70. The third kappa shape index (κ3) is 2.73. The highest BCUT2D eigenvalue weighted by atomic mass is 16.7. The number of rotatable bonds is 5. The average Bonchev–Trinajstić information content (AvgIpc) is 2.96. The smallest absolute Gasteiger partial charge is 0.264 e. The summed E-state index contributed by atoms with van der Waals surface area (Å²) in [6.07, 6.45) is -0.849. The number of hydrogen-bond donors (Lipinski definition) is 2. The topological polar surface area (TPSA) is 88.5 Å². The van der Waals surface area contributed by atoms with Crippen molar-refractivity contribution >= 4 is 11.6 Å². The van der Waals surface area contributed by atoms with E-state index in [4.69, 9.17) is 14.2 Å². The summed E-state index contributed by atoms with van der Waals surface area (Å²) in [7, 11) is 1.55. The number of carbonyl (C=O) groups is 1. The van der Waals surface area contributed by atoms with Gasteiger partial charge in [-0.1, -0.05) is 6.08 Å². The van der Waals surface area contributed by atoms with Gasteiger partial charge in [0, 0.05) is 5.69 Å². The van der Waals surface area contributed by atoms with Gasteiger partial charge in [0.15, 0.2) is 11.4 Å². The molecule has 0 radical (unpaired) electrons. The van der Waals surface area contributed by atoms with Crippen molar-refractivity contribution in [1.29, 1.82) is 0 Å². The van der Waals surface area contributed by atoms with Gasteiger partial charge >= 0.3 is 0 Å². The highest BCUT2D eigenvalue weighted by Gasteiger charge is 2.67. The Morgan fingerprint density at radius 2 is 2.04 bits per heavy atom. The predicted molar refractivity (Wildman–Crippen MR) is 90.3 cm³/mol. The van der Waals surface area contributed by atoms with E-state index in [-0.39, 0.29) is 6.61 Å². The number of nitrogens with zero attached hydrogens (tertiary/aromatic N) is 1. The van der Waals surface area contributed by atoms with Gasteiger partial charge in [-0.15, -0.1) is 6.58 Å². The number of ether oxygens (including phenoxy) is 3. The van der Waals surface area contributed by atoms with Crippen LogP contribution in [0.15, 0.2) is 36.9 Å². The molecule has 3 rings (SSSR count). The van der Waals surface area contributed by atoms with Crippen molar-refractivity contribution in [3.8, 4) is 5.75 Å². The van der Waals surface area contributed by atoms with E-state index >= 15 is 0 Å². The molecule has 25 heavy (non-hydrogen) atoms. The molecular weight excluding hydrogens is 326 g/mol. The Bertz CT molecular complexity index is 673. The highest BCUT2D eigenvalue weighted by Crippen LogP contribution is 2.43. The van der Waals surface area contributed by atoms with Crippen molar-refractivity contribution in [1.82, 2.24) is 0 Å². The van der Waals surface area contributed by atoms with Gasteiger partial charge in [0.25, 0.3) is 5.91 Å². The van der Waals surface area contributed by atoms with E-state index in [0.29, 0.717) is 11.4 Å². The molecule has 2 aliphatic heterocycles. The lowest BCUT2D eigenvalue weighted by Crippen LogP contribution is -2.81. The highest BCUT2D eigenvalue weighted by molar-refractivity contribution is 6.09. The van der Waals surface area contributed by atoms with Gasteiger partial charge in [0.05, 0.1) is 13.7 Å². The second-order valence-corrected chi connectivity index (χ2v) is 6.69. The molecular formula is C18H23NO6. The van der Waals surface area contributed by atoms with E-state index in [1.165, 1.54) is 4.90 Å². The summed E-state index contributed by atoms with van der Waals surface area (Å²) in [4.78, 5) is 14.1. The first kappa shape index (κ1) is 17.9. The molecule has 0 aromatic heterocycles. The van der Waals surface area contributed by atoms with Gasteiger partial charge in [0.1, 0.15) is 24.0 Å². The van der Waals surface area contributed by atoms with Crippen LogP contribution in [0.5, 0.6) is 5.75 Å². The van der Waals surface area contributed by atoms with E-state index in [1.807, 2.05) is 0 Å². The Kier molecular flexibility index (Phi) is 4.36. The van der Waals surface area contributed by atoms with Crippen molar-refractivity contribution in [3.05, 3.63) is 36.9 Å². The fourth-order valence-electron chi connectivity index (χ4n) is 3.40. The number of methoxy groups -OCH3 is 1. The molecule has 7 heteroatoms. The summed E-state index contributed by atoms with van der Waals surface area (Å²) in [5.41, 5.74) is -1.43. The molecule has 7 nitrogen and oxygen atoms in total. The number of benzene rings is 1. The molecule has 0 aliphatic carbocycles. The number of β-lactam (4-membered cyclic amide) rings is 1. The molecule has 2 fully saturated rings. The van der Waals surface area contributed by atoms with Gasteiger partial charge < -0.3 is 29.3 Å². The standard InChI is InChI=1S/C18H23NO6/c1-5-14(20)18(22)15(13-10-24-17(2,3)25-13)19(16(18)21)11-6-8-12(23-4)9-7-11/h5-9,13-15,20,22H,1,10H2,2-4H3/t13-,14-,15+,18-/m1/s1. The molecule has 2 aliphatic rings. The number of aliphatic hydroxyl groups is 2. The lowest BCUT2D eigenvalue weighted by molar-refractivity contribution is -0.187. The summed E-state index contributed by atoms with van der Waals surface area (Å²) in [6.45, 7) is 7.20. The van der Waals surface area contributed by atoms with Crippen molar-refractivity contribution < 1.29 is 29.2 Å². The molecule has 0 bridgehead atoms. The lowest BCUT2D eigenvalue weighted by Gasteiger charge is -2.55. The zero-order valence-corrected chi connectivity index (χ0v) is 14.5. The van der Waals surface area contributed by atoms with Crippen LogP contribution in [0.3, 0.4) is 0 Å². The SMILES string of the molecule is C=C[C@@H](O)[C@]1(O)C(=O)N(c2ccc(OC)cc2)[C@H]1[C@H]1COC(C)(C)O1. The third-order valence-corrected chi connectivity index (χ3v) is 4.70. The van der Waals surface area contributed by atoms with Crippen LogP contribution in [0.1, 0.15) is 13.8 Å². The second kappa shape index (κ2) is 6.10. The maximum atomic E-state index is 12.7. The lowest BCUT2D eigenvalue weighted by atomic mass is 9.74. The van der Waals surface area contributed by atoms with Crippen molar-refractivity contribution in [2.24, 2.45) is 0 Å². The monoisotopic (exact) mass is 349 g/mol. The molecule has 0 unspecified atom stereocenters. The van der Waals surface area contributed by atoms with Gasteiger partial charge in [-0.25, -0.2) is 0 Å². The van der Waals surface area contributed by atoms with Crippen molar-refractivity contribution in [3.63, 3.8) is 0 Å². The van der Waals surface area contributed by atoms with E-state index in [1.54, 1.807) is 45.2 Å². The van der Waals surface area contributed by atoms with E-state index in [0.717, 1.165) is 6.08 Å². The first-order valence-corrected chi connectivity index (χ1v) is 8.07. The molecule has 2 saturated heterocycles. The number of hydrogen-bond acceptors (Lipinski definition) is 6. The zero-order chi connectivity index (χ0) is 18.4. The van der Waals surface area contributed by atoms with E-state index in [9.17, 15) is 15.0 Å². The molecule has 136 valence electrons. The number of carbonyl (C=O) groups excluding carboxylic acids is 1. The van der Waals surface area contributed by atoms with Crippen LogP contribution in [0.2, 0.25) is 0 Å². The summed E-state index contributed by atoms with van der Waals surface area (Å²) in [6, 6.07) is 6.06. The minimum Gasteiger partial charge on any atom is -0.497 e. The van der Waals surface area contributed by atoms with Crippen LogP contribution in [0, 0.1) is 0 Å². The molecule has 0 saturated carbocycles. The normalized spacial score (nSPS) is 32.2. The fraction of sp³-hybridized carbons (Fsp3) is 0.500. The first-order chi connectivity index (χ1) is 11.7. The molecule has 2 heterocycles. The summed E-state index contributed by atoms with van der Waals surface area (Å²) >= 11 is 0. The Morgan fingerprint density at radius 3 is 2.52 bits per heavy atom. The number of amides is 1. The Hall–Kier alpha value is -1.93. The van der Waals surface area contributed by atoms with Crippen LogP contribution in [-0.4, -0.2) is 59.5 Å². The van der Waals surface area contributed by atoms with Crippen LogP contribution >= 0.6 is 0 Å². The maximum Gasteiger partial charge on any atom is 0.264 e. The van der Waals surface area contributed by atoms with Gasteiger partial charge in [-0.05, 0) is 38.1 Å². The fourth-order valence-corrected chi connectivity index (χ4v) is 3.40. The average molecular weight is 349 g/mol. The molecule has 4 atom stereocenters. The molecule has 0 spiro atoms. The molecule has 1 aromatic carbocycles. The van der Waals surface area contributed by atoms with Crippen molar-refractivity contribution in [2.75, 3.05) is 18.6 Å². The molecule has 1 amide bonds. The van der Waals surface area contributed by atoms with Gasteiger partial charge in [0.2, 0.25) is 0 Å². The largest absolute Gasteiger partial charge is 0.497 e. The van der Waals surface area contributed by atoms with Crippen LogP contribution in [-0.2, 0) is 14.3 Å². The molecule has 2 N–H and O–H groups in total. The van der Waals surface area contributed by atoms with Crippen LogP contribution in [0.4, 0.5) is 5.69 Å². The van der Waals surface area contributed by atoms with Crippen LogP contribution < -0.4 is 9.64 Å². The summed E-state index contributed by atoms with van der Waals surface area (Å²) in [5, 5.41) is 21.1. The van der Waals surface area contributed by atoms with Gasteiger partial charge in [-0.2, -0.15) is 0 Å². The molecule has 1 aromatic rings. The van der Waals surface area contributed by atoms with E-state index in [2.05, 4.69) is 6.58 Å².